The van der Waals surface area contributed by atoms with Crippen LogP contribution in [0.25, 0.3) is 0 Å². The summed E-state index contributed by atoms with van der Waals surface area (Å²) in [6, 6.07) is 3.10. The molecule has 36 heavy (non-hydrogen) atoms. The topological polar surface area (TPSA) is 94.5 Å². The summed E-state index contributed by atoms with van der Waals surface area (Å²) in [6.45, 7) is 20.5. The highest BCUT2D eigenvalue weighted by Crippen LogP contribution is 2.48. The second kappa shape index (κ2) is 12.4. The maximum atomic E-state index is 12.6. The Bertz CT molecular complexity index is 738. The predicted molar refractivity (Wildman–Crippen MR) is 144 cm³/mol. The summed E-state index contributed by atoms with van der Waals surface area (Å²) >= 11 is 0. The second-order valence-corrected chi connectivity index (χ2v) is 17.1. The first-order chi connectivity index (χ1) is 16.6. The van der Waals surface area contributed by atoms with Gasteiger partial charge in [-0.3, -0.25) is 4.79 Å². The van der Waals surface area contributed by atoms with Crippen molar-refractivity contribution in [1.82, 2.24) is 0 Å². The van der Waals surface area contributed by atoms with Crippen LogP contribution in [0.5, 0.6) is 0 Å². The lowest BCUT2D eigenvalue weighted by atomic mass is 9.80. The van der Waals surface area contributed by atoms with Crippen LogP contribution in [0.1, 0.15) is 93.9 Å². The van der Waals surface area contributed by atoms with Gasteiger partial charge >= 0.3 is 5.97 Å². The van der Waals surface area contributed by atoms with Gasteiger partial charge in [0, 0.05) is 32.3 Å². The zero-order valence-corrected chi connectivity index (χ0v) is 25.0. The van der Waals surface area contributed by atoms with E-state index in [1.807, 2.05) is 27.7 Å². The number of aliphatic hydroxyl groups excluding tert-OH is 2. The van der Waals surface area contributed by atoms with Crippen molar-refractivity contribution < 1.29 is 33.6 Å². The molecule has 1 spiro atoms. The summed E-state index contributed by atoms with van der Waals surface area (Å²) in [4.78, 5) is 12.6. The molecule has 0 saturated carbocycles. The van der Waals surface area contributed by atoms with Crippen LogP contribution in [0.4, 0.5) is 0 Å². The Morgan fingerprint density at radius 1 is 1.11 bits per heavy atom. The second-order valence-electron chi connectivity index (χ2n) is 12.4. The number of carbonyl (C=O) groups excluding carboxylic acids is 1. The molecule has 0 aromatic carbocycles. The fraction of sp³-hybridized carbons (Fsp3) is 0.893. The molecule has 2 fully saturated rings. The number of hydrogen-bond acceptors (Lipinski definition) is 7. The van der Waals surface area contributed by atoms with Gasteiger partial charge < -0.3 is 28.8 Å². The molecule has 7 nitrogen and oxygen atoms in total. The van der Waals surface area contributed by atoms with Crippen LogP contribution in [0.3, 0.4) is 0 Å². The average Bonchev–Trinajstić information content (AvgIpc) is 2.74. The summed E-state index contributed by atoms with van der Waals surface area (Å²) in [5, 5.41) is 20.5. The molecule has 0 amide bonds. The van der Waals surface area contributed by atoms with Crippen molar-refractivity contribution in [2.24, 2.45) is 5.92 Å². The van der Waals surface area contributed by atoms with Gasteiger partial charge in [0.2, 0.25) is 0 Å². The van der Waals surface area contributed by atoms with Gasteiger partial charge in [-0.25, -0.2) is 0 Å². The Hall–Kier alpha value is -0.773. The van der Waals surface area contributed by atoms with Crippen molar-refractivity contribution in [3.8, 4) is 0 Å². The molecule has 0 aromatic rings. The van der Waals surface area contributed by atoms with E-state index in [9.17, 15) is 15.0 Å². The fourth-order valence-corrected chi connectivity index (χ4v) is 8.98. The van der Waals surface area contributed by atoms with Gasteiger partial charge in [0.25, 0.3) is 0 Å². The van der Waals surface area contributed by atoms with Crippen LogP contribution >= 0.6 is 0 Å². The number of carbonyl (C=O) groups is 1. The molecule has 0 aliphatic carbocycles. The lowest BCUT2D eigenvalue weighted by Crippen LogP contribution is -2.61. The van der Waals surface area contributed by atoms with Gasteiger partial charge in [-0.1, -0.05) is 39.8 Å². The van der Waals surface area contributed by atoms with Crippen molar-refractivity contribution in [3.63, 3.8) is 0 Å². The Morgan fingerprint density at radius 2 is 1.69 bits per heavy atom. The van der Waals surface area contributed by atoms with E-state index in [1.165, 1.54) is 0 Å². The minimum atomic E-state index is -1.95. The first-order valence-corrected chi connectivity index (χ1v) is 16.4. The van der Waals surface area contributed by atoms with Gasteiger partial charge in [0.1, 0.15) is 5.60 Å². The summed E-state index contributed by atoms with van der Waals surface area (Å²) in [5.74, 6) is -1.44. The molecule has 2 rings (SSSR count). The van der Waals surface area contributed by atoms with Crippen LogP contribution in [0.15, 0.2) is 12.2 Å². The SMILES string of the molecule is C=C(C[C@H]1C[C@](C)(O[Si](CC)(CC)CC)C[C@@]2(C[C@@H](O)C[C@H](CC(=O)OC(C)(C)C)O2)O1)[C@@H](C)CO. The molecular formula is C28H52O7Si. The van der Waals surface area contributed by atoms with Crippen molar-refractivity contribution in [3.05, 3.63) is 12.2 Å². The van der Waals surface area contributed by atoms with Crippen LogP contribution in [0, 0.1) is 5.92 Å². The summed E-state index contributed by atoms with van der Waals surface area (Å²) < 4.78 is 25.8. The van der Waals surface area contributed by atoms with E-state index in [0.29, 0.717) is 32.1 Å². The Kier molecular flexibility index (Phi) is 10.8. The van der Waals surface area contributed by atoms with E-state index in [4.69, 9.17) is 18.6 Å². The smallest absolute Gasteiger partial charge is 0.308 e. The largest absolute Gasteiger partial charge is 0.460 e. The third-order valence-corrected chi connectivity index (χ3v) is 12.6. The molecule has 2 saturated heterocycles. The first-order valence-electron chi connectivity index (χ1n) is 13.9. The van der Waals surface area contributed by atoms with Crippen molar-refractivity contribution in [2.45, 2.75) is 147 Å². The average molecular weight is 529 g/mol. The zero-order valence-electron chi connectivity index (χ0n) is 24.0. The van der Waals surface area contributed by atoms with Crippen LogP contribution in [-0.2, 0) is 23.4 Å². The van der Waals surface area contributed by atoms with E-state index < -0.39 is 37.5 Å². The standard InChI is InChI=1S/C28H52O7Si/c1-10-36(11-2,12-3)35-27(9)17-24(13-20(4)21(5)18-29)33-28(19-27)16-22(30)14-23(32-28)15-25(31)34-26(6,7)8/h21-24,29-30H,4,10-19H2,1-3,5-9H3/t21-,22-,23+,24-,27-,28+/m0/s1. The third kappa shape index (κ3) is 8.63. The number of rotatable bonds is 11. The van der Waals surface area contributed by atoms with E-state index >= 15 is 0 Å². The number of ether oxygens (including phenoxy) is 3. The van der Waals surface area contributed by atoms with Crippen LogP contribution in [-0.4, -0.2) is 66.4 Å². The molecule has 2 aliphatic heterocycles. The highest BCUT2D eigenvalue weighted by atomic mass is 28.4. The minimum Gasteiger partial charge on any atom is -0.460 e. The van der Waals surface area contributed by atoms with E-state index in [2.05, 4.69) is 34.3 Å². The normalized spacial score (nSPS) is 32.3. The molecule has 2 N–H and O–H groups in total. The fourth-order valence-electron chi connectivity index (χ4n) is 5.84. The molecule has 6 atom stereocenters. The van der Waals surface area contributed by atoms with Gasteiger partial charge in [-0.2, -0.15) is 0 Å². The zero-order chi connectivity index (χ0) is 27.4. The Labute approximate surface area is 220 Å². The third-order valence-electron chi connectivity index (χ3n) is 7.82. The minimum absolute atomic E-state index is 0.0353. The Morgan fingerprint density at radius 3 is 2.22 bits per heavy atom. The molecule has 0 bridgehead atoms. The van der Waals surface area contributed by atoms with Crippen molar-refractivity contribution >= 4 is 14.3 Å². The van der Waals surface area contributed by atoms with Gasteiger partial charge in [0.05, 0.1) is 30.3 Å². The van der Waals surface area contributed by atoms with E-state index in [1.54, 1.807) is 0 Å². The summed E-state index contributed by atoms with van der Waals surface area (Å²) in [5.41, 5.74) is -0.152. The molecule has 0 aromatic heterocycles. The van der Waals surface area contributed by atoms with E-state index in [-0.39, 0.29) is 31.0 Å². The van der Waals surface area contributed by atoms with Gasteiger partial charge in [-0.05, 0) is 58.2 Å². The predicted octanol–water partition coefficient (Wildman–Crippen LogP) is 5.49. The maximum Gasteiger partial charge on any atom is 0.308 e. The van der Waals surface area contributed by atoms with Crippen LogP contribution in [0.2, 0.25) is 18.1 Å². The van der Waals surface area contributed by atoms with Crippen molar-refractivity contribution in [1.29, 1.82) is 0 Å². The molecule has 0 radical (unpaired) electrons. The number of esters is 1. The van der Waals surface area contributed by atoms with Crippen LogP contribution < -0.4 is 0 Å². The lowest BCUT2D eigenvalue weighted by molar-refractivity contribution is -0.347. The molecule has 0 unspecified atom stereocenters. The first kappa shape index (κ1) is 31.4. The maximum absolute atomic E-state index is 12.6. The highest BCUT2D eigenvalue weighted by molar-refractivity contribution is 6.73. The number of hydrogen-bond donors (Lipinski definition) is 2. The van der Waals surface area contributed by atoms with E-state index in [0.717, 1.165) is 23.7 Å². The van der Waals surface area contributed by atoms with Gasteiger partial charge in [0.15, 0.2) is 14.1 Å². The lowest BCUT2D eigenvalue weighted by Gasteiger charge is -2.54. The molecule has 2 heterocycles. The summed E-state index contributed by atoms with van der Waals surface area (Å²) in [6.07, 6.45) is 1.13. The molecule has 2 aliphatic rings. The molecule has 8 heteroatoms. The molecule has 210 valence electrons. The summed E-state index contributed by atoms with van der Waals surface area (Å²) in [7, 11) is -1.95. The van der Waals surface area contributed by atoms with Crippen molar-refractivity contribution in [2.75, 3.05) is 6.61 Å². The highest BCUT2D eigenvalue weighted by Gasteiger charge is 2.54. The Balaban J connectivity index is 2.34. The monoisotopic (exact) mass is 528 g/mol. The number of aliphatic hydroxyl groups is 2. The quantitative estimate of drug-likeness (QED) is 0.208. The molecular weight excluding hydrogens is 476 g/mol. The van der Waals surface area contributed by atoms with Gasteiger partial charge in [-0.15, -0.1) is 0 Å².